The average molecular weight is 313 g/mol. The predicted octanol–water partition coefficient (Wildman–Crippen LogP) is 1.38. The number of para-hydroxylation sites is 1. The van der Waals surface area contributed by atoms with E-state index in [1.54, 1.807) is 6.33 Å². The Hall–Kier alpha value is -1.93. The van der Waals surface area contributed by atoms with Gasteiger partial charge >= 0.3 is 119 Å². The summed E-state index contributed by atoms with van der Waals surface area (Å²) in [5.41, 5.74) is 2.72. The van der Waals surface area contributed by atoms with Gasteiger partial charge in [-0.3, -0.25) is 0 Å². The molecule has 1 atom stereocenters. The third-order valence-electron chi connectivity index (χ3n) is 2.79. The Morgan fingerprint density at radius 2 is 1.89 bits per heavy atom. The van der Waals surface area contributed by atoms with Crippen molar-refractivity contribution in [2.45, 2.75) is 6.92 Å². The quantitative estimate of drug-likeness (QED) is 0.671. The van der Waals surface area contributed by atoms with Crippen molar-refractivity contribution in [2.24, 2.45) is 0 Å². The van der Waals surface area contributed by atoms with Crippen molar-refractivity contribution in [1.29, 1.82) is 0 Å². The summed E-state index contributed by atoms with van der Waals surface area (Å²) in [6.07, 6.45) is 1.56. The molecule has 3 aromatic rings. The van der Waals surface area contributed by atoms with Crippen LogP contribution in [0.25, 0.3) is 11.0 Å². The van der Waals surface area contributed by atoms with E-state index in [9.17, 15) is 0 Å². The van der Waals surface area contributed by atoms with E-state index >= 15 is 0 Å². The maximum absolute atomic E-state index is 5.81. The van der Waals surface area contributed by atoms with Crippen LogP contribution in [0.1, 0.15) is 5.56 Å². The van der Waals surface area contributed by atoms with Crippen LogP contribution in [0.3, 0.4) is 0 Å². The SMILES string of the molecule is Cc1ccccc1Oc1ccc2ncnc([AsH2])c2n1. The molecule has 0 saturated carbocycles. The Bertz CT molecular complexity index is 746. The van der Waals surface area contributed by atoms with Gasteiger partial charge in [0.15, 0.2) is 0 Å². The second-order valence-electron chi connectivity index (χ2n) is 4.14. The zero-order valence-corrected chi connectivity index (χ0v) is 12.8. The minimum atomic E-state index is 0.565. The van der Waals surface area contributed by atoms with E-state index in [0.717, 1.165) is 26.8 Å². The van der Waals surface area contributed by atoms with Crippen LogP contribution in [-0.4, -0.2) is 31.8 Å². The fraction of sp³-hybridized carbons (Fsp3) is 0.0714. The molecule has 0 aliphatic rings. The second kappa shape index (κ2) is 4.98. The Kier molecular flexibility index (Phi) is 3.18. The van der Waals surface area contributed by atoms with Crippen LogP contribution in [0.4, 0.5) is 0 Å². The molecule has 0 spiro atoms. The van der Waals surface area contributed by atoms with Crippen molar-refractivity contribution in [1.82, 2.24) is 15.0 Å². The van der Waals surface area contributed by atoms with E-state index in [2.05, 4.69) is 15.0 Å². The molecule has 5 heteroatoms. The van der Waals surface area contributed by atoms with Crippen LogP contribution in [0.5, 0.6) is 11.6 Å². The van der Waals surface area contributed by atoms with Gasteiger partial charge in [-0.2, -0.15) is 0 Å². The minimum absolute atomic E-state index is 0.565. The van der Waals surface area contributed by atoms with Crippen molar-refractivity contribution < 1.29 is 4.74 Å². The molecule has 0 aliphatic carbocycles. The topological polar surface area (TPSA) is 47.9 Å². The summed E-state index contributed by atoms with van der Waals surface area (Å²) in [7, 11) is 0. The summed E-state index contributed by atoms with van der Waals surface area (Å²) >= 11 is 1.43. The molecule has 0 saturated heterocycles. The molecule has 3 rings (SSSR count). The number of pyridine rings is 1. The summed E-state index contributed by atoms with van der Waals surface area (Å²) in [5, 5.41) is 0. The summed E-state index contributed by atoms with van der Waals surface area (Å²) in [6.45, 7) is 2.01. The zero-order chi connectivity index (χ0) is 13.2. The summed E-state index contributed by atoms with van der Waals surface area (Å²) < 4.78 is 6.72. The molecule has 1 unspecified atom stereocenters. The molecular formula is C14H12AsN3O. The predicted molar refractivity (Wildman–Crippen MR) is 76.8 cm³/mol. The number of hydrogen-bond donors (Lipinski definition) is 0. The van der Waals surface area contributed by atoms with E-state index in [-0.39, 0.29) is 0 Å². The summed E-state index contributed by atoms with van der Waals surface area (Å²) in [5.74, 6) is 1.38. The van der Waals surface area contributed by atoms with Crippen LogP contribution >= 0.6 is 0 Å². The van der Waals surface area contributed by atoms with Crippen molar-refractivity contribution in [2.75, 3.05) is 0 Å². The van der Waals surface area contributed by atoms with E-state index in [4.69, 9.17) is 4.74 Å². The monoisotopic (exact) mass is 313 g/mol. The number of benzene rings is 1. The van der Waals surface area contributed by atoms with Gasteiger partial charge in [0.25, 0.3) is 0 Å². The van der Waals surface area contributed by atoms with E-state index in [1.807, 2.05) is 43.3 Å². The average Bonchev–Trinajstić information content (AvgIpc) is 2.42. The second-order valence-corrected chi connectivity index (χ2v) is 5.29. The Balaban J connectivity index is 2.02. The summed E-state index contributed by atoms with van der Waals surface area (Å²) in [6, 6.07) is 11.6. The molecule has 0 fully saturated rings. The van der Waals surface area contributed by atoms with E-state index < -0.39 is 0 Å². The van der Waals surface area contributed by atoms with Crippen LogP contribution in [0, 0.1) is 6.92 Å². The molecule has 0 amide bonds. The molecule has 1 aromatic carbocycles. The number of ether oxygens (including phenoxy) is 1. The molecule has 0 aliphatic heterocycles. The van der Waals surface area contributed by atoms with Gasteiger partial charge in [0.2, 0.25) is 0 Å². The molecule has 0 N–H and O–H groups in total. The number of aromatic nitrogens is 3. The molecule has 0 bridgehead atoms. The third-order valence-corrected chi connectivity index (χ3v) is 3.68. The van der Waals surface area contributed by atoms with Gasteiger partial charge in [-0.25, -0.2) is 0 Å². The number of rotatable bonds is 2. The number of aryl methyl sites for hydroxylation is 1. The molecule has 0 radical (unpaired) electrons. The molecule has 19 heavy (non-hydrogen) atoms. The van der Waals surface area contributed by atoms with Crippen molar-refractivity contribution >= 4 is 32.4 Å². The van der Waals surface area contributed by atoms with Gasteiger partial charge in [0.05, 0.1) is 0 Å². The maximum atomic E-state index is 5.81. The van der Waals surface area contributed by atoms with Gasteiger partial charge in [-0.1, -0.05) is 0 Å². The first-order valence-corrected chi connectivity index (χ1v) is 7.06. The first kappa shape index (κ1) is 12.1. The standard InChI is InChI=1S/C14H12AsN3O/c1-9-4-2-3-5-11(9)19-12-7-6-10-13(18-12)14(15)17-8-16-10/h2-8H,15H2,1H3. The Labute approximate surface area is 119 Å². The van der Waals surface area contributed by atoms with Gasteiger partial charge in [0.1, 0.15) is 0 Å². The van der Waals surface area contributed by atoms with Crippen molar-refractivity contribution in [3.63, 3.8) is 0 Å². The number of hydrogen-bond acceptors (Lipinski definition) is 4. The molecule has 2 aromatic heterocycles. The fourth-order valence-corrected chi connectivity index (χ4v) is 2.37. The van der Waals surface area contributed by atoms with Gasteiger partial charge in [-0.15, -0.1) is 0 Å². The van der Waals surface area contributed by atoms with Gasteiger partial charge < -0.3 is 0 Å². The van der Waals surface area contributed by atoms with E-state index in [1.165, 1.54) is 16.9 Å². The normalized spacial score (nSPS) is 10.6. The Morgan fingerprint density at radius 3 is 2.74 bits per heavy atom. The molecular weight excluding hydrogens is 301 g/mol. The Morgan fingerprint density at radius 1 is 1.05 bits per heavy atom. The first-order valence-electron chi connectivity index (χ1n) is 5.85. The third kappa shape index (κ3) is 2.44. The van der Waals surface area contributed by atoms with Crippen molar-refractivity contribution in [3.8, 4) is 11.6 Å². The van der Waals surface area contributed by atoms with Gasteiger partial charge in [0, 0.05) is 0 Å². The van der Waals surface area contributed by atoms with Crippen LogP contribution in [-0.2, 0) is 0 Å². The summed E-state index contributed by atoms with van der Waals surface area (Å²) in [4.78, 5) is 12.8. The van der Waals surface area contributed by atoms with Crippen molar-refractivity contribution in [3.05, 3.63) is 48.3 Å². The first-order chi connectivity index (χ1) is 9.24. The van der Waals surface area contributed by atoms with Gasteiger partial charge in [-0.05, 0) is 0 Å². The number of nitrogens with zero attached hydrogens (tertiary/aromatic N) is 3. The molecule has 2 heterocycles. The fourth-order valence-electron chi connectivity index (χ4n) is 1.78. The van der Waals surface area contributed by atoms with Crippen LogP contribution in [0.15, 0.2) is 42.7 Å². The van der Waals surface area contributed by atoms with Crippen LogP contribution in [0.2, 0.25) is 0 Å². The number of fused-ring (bicyclic) bond motifs is 1. The molecule has 94 valence electrons. The molecule has 4 nitrogen and oxygen atoms in total. The van der Waals surface area contributed by atoms with E-state index in [0.29, 0.717) is 5.88 Å². The zero-order valence-electron chi connectivity index (χ0n) is 10.4. The van der Waals surface area contributed by atoms with Crippen LogP contribution < -0.4 is 9.22 Å².